The van der Waals surface area contributed by atoms with Gasteiger partial charge in [-0.25, -0.2) is 9.59 Å². The van der Waals surface area contributed by atoms with Crippen molar-refractivity contribution in [2.24, 2.45) is 5.73 Å². The monoisotopic (exact) mass is 330 g/mol. The molecule has 6 heteroatoms. The summed E-state index contributed by atoms with van der Waals surface area (Å²) in [7, 11) is 0. The lowest BCUT2D eigenvalue weighted by molar-refractivity contribution is -0.177. The van der Waals surface area contributed by atoms with E-state index in [4.69, 9.17) is 15.2 Å². The summed E-state index contributed by atoms with van der Waals surface area (Å²) in [6.07, 6.45) is 0.151. The third kappa shape index (κ3) is 7.79. The van der Waals surface area contributed by atoms with Gasteiger partial charge < -0.3 is 20.1 Å². The Morgan fingerprint density at radius 1 is 0.870 bits per heavy atom. The second kappa shape index (κ2) is 8.11. The molecule has 0 saturated heterocycles. The summed E-state index contributed by atoms with van der Waals surface area (Å²) in [6.45, 7) is 16.6. The van der Waals surface area contributed by atoms with Crippen LogP contribution in [0, 0.1) is 0 Å². The van der Waals surface area contributed by atoms with E-state index in [1.165, 1.54) is 0 Å². The summed E-state index contributed by atoms with van der Waals surface area (Å²) in [5, 5.41) is 0. The number of nitrogens with two attached hydrogens (primary N) is 1. The number of hydrogen-bond donors (Lipinski definition) is 1. The minimum absolute atomic E-state index is 0.151. The van der Waals surface area contributed by atoms with Crippen LogP contribution in [0.4, 0.5) is 0 Å². The number of esters is 2. The summed E-state index contributed by atoms with van der Waals surface area (Å²) >= 11 is 0. The minimum Gasteiger partial charge on any atom is -0.458 e. The zero-order valence-corrected chi connectivity index (χ0v) is 16.0. The molecule has 0 unspecified atom stereocenters. The Balaban J connectivity index is 5.33. The number of carbonyl (C=O) groups is 2. The van der Waals surface area contributed by atoms with Crippen LogP contribution in [-0.2, 0) is 19.1 Å². The van der Waals surface area contributed by atoms with Crippen LogP contribution < -0.4 is 5.73 Å². The quantitative estimate of drug-likeness (QED) is 0.568. The largest absolute Gasteiger partial charge is 0.458 e. The van der Waals surface area contributed by atoms with Crippen molar-refractivity contribution in [2.75, 3.05) is 19.6 Å². The summed E-state index contributed by atoms with van der Waals surface area (Å²) in [5.41, 5.74) is 2.93. The van der Waals surface area contributed by atoms with Gasteiger partial charge in [0.1, 0.15) is 11.2 Å². The summed E-state index contributed by atoms with van der Waals surface area (Å²) < 4.78 is 10.7. The van der Waals surface area contributed by atoms with E-state index < -0.39 is 28.7 Å². The molecule has 0 aliphatic rings. The molecule has 0 aromatic carbocycles. The van der Waals surface area contributed by atoms with Crippen molar-refractivity contribution in [1.29, 1.82) is 0 Å². The highest BCUT2D eigenvalue weighted by Gasteiger charge is 2.47. The molecular formula is C17H34N2O4. The maximum Gasteiger partial charge on any atom is 0.338 e. The van der Waals surface area contributed by atoms with Gasteiger partial charge in [-0.2, -0.15) is 0 Å². The van der Waals surface area contributed by atoms with Gasteiger partial charge in [-0.1, -0.05) is 13.8 Å². The van der Waals surface area contributed by atoms with E-state index in [2.05, 4.69) is 4.90 Å². The maximum atomic E-state index is 12.5. The Morgan fingerprint density at radius 2 is 1.22 bits per heavy atom. The van der Waals surface area contributed by atoms with Crippen LogP contribution in [0.15, 0.2) is 0 Å². The lowest BCUT2D eigenvalue weighted by atomic mass is 9.95. The van der Waals surface area contributed by atoms with Gasteiger partial charge in [-0.05, 0) is 61.1 Å². The van der Waals surface area contributed by atoms with Crippen LogP contribution in [0.2, 0.25) is 0 Å². The molecule has 0 radical (unpaired) electrons. The van der Waals surface area contributed by atoms with Crippen molar-refractivity contribution in [1.82, 2.24) is 4.90 Å². The van der Waals surface area contributed by atoms with Crippen LogP contribution in [0.1, 0.15) is 61.8 Å². The van der Waals surface area contributed by atoms with Crippen LogP contribution in [-0.4, -0.2) is 53.2 Å². The number of ether oxygens (including phenoxy) is 2. The molecule has 0 aromatic rings. The lowest BCUT2D eigenvalue weighted by Gasteiger charge is -2.33. The van der Waals surface area contributed by atoms with Crippen LogP contribution in [0.3, 0.4) is 0 Å². The standard InChI is InChI=1S/C17H34N2O4/c1-9-19(10-2)12-11-17(18,13(20)22-15(3,4)5)14(21)23-16(6,7)8/h9-12,18H2,1-8H3. The third-order valence-electron chi connectivity index (χ3n) is 3.24. The Hall–Kier alpha value is -1.14. The van der Waals surface area contributed by atoms with Gasteiger partial charge in [0.25, 0.3) is 0 Å². The van der Waals surface area contributed by atoms with E-state index in [-0.39, 0.29) is 6.42 Å². The lowest BCUT2D eigenvalue weighted by Crippen LogP contribution is -2.60. The first kappa shape index (κ1) is 21.9. The molecule has 0 heterocycles. The van der Waals surface area contributed by atoms with E-state index >= 15 is 0 Å². The van der Waals surface area contributed by atoms with Gasteiger partial charge in [0, 0.05) is 6.54 Å². The van der Waals surface area contributed by atoms with Gasteiger partial charge in [0.05, 0.1) is 0 Å². The predicted octanol–water partition coefficient (Wildman–Crippen LogP) is 2.10. The highest BCUT2D eigenvalue weighted by Crippen LogP contribution is 2.21. The molecule has 0 aliphatic carbocycles. The van der Waals surface area contributed by atoms with Crippen LogP contribution in [0.25, 0.3) is 0 Å². The van der Waals surface area contributed by atoms with Crippen molar-refractivity contribution in [3.8, 4) is 0 Å². The Labute approximate surface area is 140 Å². The Morgan fingerprint density at radius 3 is 1.48 bits per heavy atom. The second-order valence-corrected chi connectivity index (χ2v) is 7.75. The van der Waals surface area contributed by atoms with E-state index in [0.717, 1.165) is 13.1 Å². The fraction of sp³-hybridized carbons (Fsp3) is 0.882. The van der Waals surface area contributed by atoms with Gasteiger partial charge in [0.15, 0.2) is 0 Å². The first-order valence-electron chi connectivity index (χ1n) is 8.23. The molecule has 0 fully saturated rings. The van der Waals surface area contributed by atoms with Crippen molar-refractivity contribution < 1.29 is 19.1 Å². The van der Waals surface area contributed by atoms with E-state index in [1.54, 1.807) is 41.5 Å². The highest BCUT2D eigenvalue weighted by atomic mass is 16.6. The highest BCUT2D eigenvalue weighted by molar-refractivity contribution is 6.04. The average molecular weight is 330 g/mol. The molecule has 0 atom stereocenters. The van der Waals surface area contributed by atoms with Crippen molar-refractivity contribution >= 4 is 11.9 Å². The van der Waals surface area contributed by atoms with E-state index in [0.29, 0.717) is 6.54 Å². The minimum atomic E-state index is -1.80. The first-order chi connectivity index (χ1) is 10.2. The summed E-state index contributed by atoms with van der Waals surface area (Å²) in [4.78, 5) is 27.2. The molecule has 23 heavy (non-hydrogen) atoms. The predicted molar refractivity (Wildman–Crippen MR) is 91.0 cm³/mol. The zero-order chi connectivity index (χ0) is 18.5. The molecule has 136 valence electrons. The zero-order valence-electron chi connectivity index (χ0n) is 16.0. The van der Waals surface area contributed by atoms with Crippen molar-refractivity contribution in [3.63, 3.8) is 0 Å². The normalized spacial score (nSPS) is 13.1. The van der Waals surface area contributed by atoms with Crippen molar-refractivity contribution in [3.05, 3.63) is 0 Å². The third-order valence-corrected chi connectivity index (χ3v) is 3.24. The van der Waals surface area contributed by atoms with Gasteiger partial charge in [0.2, 0.25) is 5.54 Å². The molecule has 0 aromatic heterocycles. The van der Waals surface area contributed by atoms with Crippen LogP contribution >= 0.6 is 0 Å². The molecule has 0 bridgehead atoms. The summed E-state index contributed by atoms with van der Waals surface area (Å²) in [6, 6.07) is 0. The number of nitrogens with zero attached hydrogens (tertiary/aromatic N) is 1. The van der Waals surface area contributed by atoms with E-state index in [9.17, 15) is 9.59 Å². The topological polar surface area (TPSA) is 81.9 Å². The second-order valence-electron chi connectivity index (χ2n) is 7.75. The fourth-order valence-electron chi connectivity index (χ4n) is 1.90. The number of hydrogen-bond acceptors (Lipinski definition) is 6. The fourth-order valence-corrected chi connectivity index (χ4v) is 1.90. The van der Waals surface area contributed by atoms with Crippen LogP contribution in [0.5, 0.6) is 0 Å². The van der Waals surface area contributed by atoms with Gasteiger partial charge in [-0.3, -0.25) is 0 Å². The Bertz CT molecular complexity index is 376. The van der Waals surface area contributed by atoms with E-state index in [1.807, 2.05) is 13.8 Å². The SMILES string of the molecule is CCN(CC)CCC(N)(C(=O)OC(C)(C)C)C(=O)OC(C)(C)C. The van der Waals surface area contributed by atoms with Gasteiger partial charge >= 0.3 is 11.9 Å². The molecule has 0 aliphatic heterocycles. The molecule has 0 spiro atoms. The molecule has 6 nitrogen and oxygen atoms in total. The van der Waals surface area contributed by atoms with Gasteiger partial charge in [-0.15, -0.1) is 0 Å². The maximum absolute atomic E-state index is 12.5. The first-order valence-corrected chi connectivity index (χ1v) is 8.23. The summed E-state index contributed by atoms with van der Waals surface area (Å²) in [5.74, 6) is -1.49. The molecule has 2 N–H and O–H groups in total. The van der Waals surface area contributed by atoms with Crippen molar-refractivity contribution in [2.45, 2.75) is 78.6 Å². The molecular weight excluding hydrogens is 296 g/mol. The number of rotatable bonds is 7. The number of carbonyl (C=O) groups excluding carboxylic acids is 2. The molecule has 0 amide bonds. The Kier molecular flexibility index (Phi) is 7.70. The smallest absolute Gasteiger partial charge is 0.338 e. The molecule has 0 rings (SSSR count). The average Bonchev–Trinajstić information content (AvgIpc) is 2.35. The molecule has 0 saturated carbocycles.